The monoisotopic (exact) mass is 505 g/mol. The van der Waals surface area contributed by atoms with E-state index >= 15 is 0 Å². The minimum atomic E-state index is -0.526. The highest BCUT2D eigenvalue weighted by atomic mass is 32.1. The van der Waals surface area contributed by atoms with Crippen LogP contribution in [0, 0.1) is 0 Å². The number of rotatable bonds is 6. The van der Waals surface area contributed by atoms with Crippen LogP contribution in [-0.4, -0.2) is 74.0 Å². The average molecular weight is 506 g/mol. The zero-order chi connectivity index (χ0) is 25.2. The lowest BCUT2D eigenvalue weighted by Crippen LogP contribution is -2.52. The SMILES string of the molecule is COc1cc2c(cc1OC)C(C(=O)N1CCN(Cc3ccccc3)CC1)C(c1cccs1)N(C)C2=O. The molecule has 0 N–H and O–H groups in total. The third-order valence-electron chi connectivity index (χ3n) is 7.21. The van der Waals surface area contributed by atoms with Gasteiger partial charge in [-0.3, -0.25) is 14.5 Å². The lowest BCUT2D eigenvalue weighted by molar-refractivity contribution is -0.136. The molecule has 7 nitrogen and oxygen atoms in total. The summed E-state index contributed by atoms with van der Waals surface area (Å²) in [7, 11) is 4.90. The highest BCUT2D eigenvalue weighted by Crippen LogP contribution is 2.47. The van der Waals surface area contributed by atoms with Gasteiger partial charge >= 0.3 is 0 Å². The summed E-state index contributed by atoms with van der Waals surface area (Å²) in [6.45, 7) is 3.80. The molecule has 2 aliphatic heterocycles. The van der Waals surface area contributed by atoms with E-state index in [4.69, 9.17) is 9.47 Å². The highest BCUT2D eigenvalue weighted by Gasteiger charge is 2.45. The number of hydrogen-bond donors (Lipinski definition) is 0. The summed E-state index contributed by atoms with van der Waals surface area (Å²) in [4.78, 5) is 34.7. The van der Waals surface area contributed by atoms with Crippen LogP contribution in [0.15, 0.2) is 60.0 Å². The Morgan fingerprint density at radius 2 is 1.67 bits per heavy atom. The van der Waals surface area contributed by atoms with Crippen LogP contribution in [0.2, 0.25) is 0 Å². The van der Waals surface area contributed by atoms with Crippen molar-refractivity contribution in [2.75, 3.05) is 47.4 Å². The molecule has 0 spiro atoms. The maximum atomic E-state index is 14.2. The Morgan fingerprint density at radius 1 is 0.972 bits per heavy atom. The number of hydrogen-bond acceptors (Lipinski definition) is 6. The molecule has 1 fully saturated rings. The molecule has 188 valence electrons. The summed E-state index contributed by atoms with van der Waals surface area (Å²) >= 11 is 1.57. The minimum Gasteiger partial charge on any atom is -0.493 e. The third-order valence-corrected chi connectivity index (χ3v) is 8.15. The molecule has 8 heteroatoms. The van der Waals surface area contributed by atoms with E-state index < -0.39 is 5.92 Å². The summed E-state index contributed by atoms with van der Waals surface area (Å²) in [6, 6.07) is 17.5. The molecule has 2 atom stereocenters. The molecule has 1 saturated heterocycles. The first-order valence-electron chi connectivity index (χ1n) is 12.1. The second kappa shape index (κ2) is 10.3. The number of carbonyl (C=O) groups is 2. The standard InChI is InChI=1S/C28H31N3O4S/c1-29-26(24-10-7-15-36-24)25(20-16-22(34-2)23(35-3)17-21(20)27(29)32)28(33)31-13-11-30(12-14-31)18-19-8-5-4-6-9-19/h4-10,15-17,25-26H,11-14,18H2,1-3H3. The van der Waals surface area contributed by atoms with E-state index in [0.717, 1.165) is 24.5 Å². The Bertz CT molecular complexity index is 1220. The molecular weight excluding hydrogens is 474 g/mol. The molecule has 5 rings (SSSR count). The fourth-order valence-corrected chi connectivity index (χ4v) is 6.20. The highest BCUT2D eigenvalue weighted by molar-refractivity contribution is 7.10. The number of benzene rings is 2. The van der Waals surface area contributed by atoms with E-state index in [2.05, 4.69) is 29.2 Å². The van der Waals surface area contributed by atoms with Crippen molar-refractivity contribution in [1.29, 1.82) is 0 Å². The molecule has 3 heterocycles. The molecule has 2 amide bonds. The van der Waals surface area contributed by atoms with Crippen LogP contribution in [-0.2, 0) is 11.3 Å². The van der Waals surface area contributed by atoms with E-state index in [1.807, 2.05) is 34.5 Å². The van der Waals surface area contributed by atoms with E-state index in [1.165, 1.54) is 5.56 Å². The van der Waals surface area contributed by atoms with E-state index in [-0.39, 0.29) is 17.9 Å². The number of amides is 2. The second-order valence-electron chi connectivity index (χ2n) is 9.24. The molecule has 2 aromatic carbocycles. The number of piperazine rings is 1. The van der Waals surface area contributed by atoms with Crippen LogP contribution in [0.3, 0.4) is 0 Å². The molecular formula is C28H31N3O4S. The van der Waals surface area contributed by atoms with Gasteiger partial charge in [0.15, 0.2) is 11.5 Å². The van der Waals surface area contributed by atoms with Crippen LogP contribution < -0.4 is 9.47 Å². The first kappa shape index (κ1) is 24.3. The fourth-order valence-electron chi connectivity index (χ4n) is 5.29. The van der Waals surface area contributed by atoms with Crippen molar-refractivity contribution in [2.45, 2.75) is 18.5 Å². The number of fused-ring (bicyclic) bond motifs is 1. The zero-order valence-electron chi connectivity index (χ0n) is 20.8. The molecule has 0 bridgehead atoms. The lowest BCUT2D eigenvalue weighted by Gasteiger charge is -2.43. The molecule has 2 unspecified atom stereocenters. The fraction of sp³-hybridized carbons (Fsp3) is 0.357. The molecule has 1 aromatic heterocycles. The second-order valence-corrected chi connectivity index (χ2v) is 10.2. The number of nitrogens with zero attached hydrogens (tertiary/aromatic N) is 3. The molecule has 36 heavy (non-hydrogen) atoms. The zero-order valence-corrected chi connectivity index (χ0v) is 21.7. The van der Waals surface area contributed by atoms with Gasteiger partial charge in [-0.05, 0) is 34.7 Å². The summed E-state index contributed by atoms with van der Waals surface area (Å²) < 4.78 is 11.0. The Labute approximate surface area is 215 Å². The Balaban J connectivity index is 1.46. The van der Waals surface area contributed by atoms with Gasteiger partial charge < -0.3 is 19.3 Å². The van der Waals surface area contributed by atoms with Crippen molar-refractivity contribution in [1.82, 2.24) is 14.7 Å². The molecule has 0 radical (unpaired) electrons. The molecule has 3 aromatic rings. The number of methoxy groups -OCH3 is 2. The van der Waals surface area contributed by atoms with Gasteiger partial charge in [-0.1, -0.05) is 36.4 Å². The number of likely N-dealkylation sites (N-methyl/N-ethyl adjacent to an activating group) is 1. The van der Waals surface area contributed by atoms with Crippen molar-refractivity contribution in [3.8, 4) is 11.5 Å². The summed E-state index contributed by atoms with van der Waals surface area (Å²) in [5, 5.41) is 1.99. The van der Waals surface area contributed by atoms with Crippen molar-refractivity contribution in [2.24, 2.45) is 0 Å². The van der Waals surface area contributed by atoms with Crippen LogP contribution in [0.4, 0.5) is 0 Å². The number of carbonyl (C=O) groups excluding carboxylic acids is 2. The van der Waals surface area contributed by atoms with E-state index in [9.17, 15) is 9.59 Å². The van der Waals surface area contributed by atoms with Crippen LogP contribution in [0.5, 0.6) is 11.5 Å². The predicted molar refractivity (Wildman–Crippen MR) is 140 cm³/mol. The smallest absolute Gasteiger partial charge is 0.254 e. The normalized spacial score (nSPS) is 20.2. The lowest BCUT2D eigenvalue weighted by atomic mass is 9.81. The average Bonchev–Trinajstić information content (AvgIpc) is 3.45. The van der Waals surface area contributed by atoms with Crippen LogP contribution in [0.25, 0.3) is 0 Å². The Kier molecular flexibility index (Phi) is 6.98. The Hall–Kier alpha value is -3.36. The van der Waals surface area contributed by atoms with Crippen LogP contribution in [0.1, 0.15) is 38.3 Å². The van der Waals surface area contributed by atoms with Gasteiger partial charge in [0.25, 0.3) is 5.91 Å². The predicted octanol–water partition coefficient (Wildman–Crippen LogP) is 4.02. The first-order chi connectivity index (χ1) is 17.5. The number of thiophene rings is 1. The van der Waals surface area contributed by atoms with Crippen molar-refractivity contribution in [3.05, 3.63) is 81.5 Å². The van der Waals surface area contributed by atoms with Gasteiger partial charge in [-0.2, -0.15) is 0 Å². The van der Waals surface area contributed by atoms with Crippen LogP contribution >= 0.6 is 11.3 Å². The van der Waals surface area contributed by atoms with E-state index in [1.54, 1.807) is 43.6 Å². The van der Waals surface area contributed by atoms with Gasteiger partial charge in [0.05, 0.1) is 26.2 Å². The van der Waals surface area contributed by atoms with Gasteiger partial charge in [0.2, 0.25) is 5.91 Å². The quantitative estimate of drug-likeness (QED) is 0.507. The summed E-state index contributed by atoms with van der Waals surface area (Å²) in [5.74, 6) is 0.390. The van der Waals surface area contributed by atoms with Gasteiger partial charge in [0.1, 0.15) is 0 Å². The first-order valence-corrected chi connectivity index (χ1v) is 13.0. The summed E-state index contributed by atoms with van der Waals surface area (Å²) in [5.41, 5.74) is 2.47. The molecule has 0 saturated carbocycles. The van der Waals surface area contributed by atoms with E-state index in [0.29, 0.717) is 35.7 Å². The topological polar surface area (TPSA) is 62.3 Å². The largest absolute Gasteiger partial charge is 0.493 e. The van der Waals surface area contributed by atoms with Crippen molar-refractivity contribution < 1.29 is 19.1 Å². The maximum Gasteiger partial charge on any atom is 0.254 e. The minimum absolute atomic E-state index is 0.0422. The third kappa shape index (κ3) is 4.47. The van der Waals surface area contributed by atoms with Crippen molar-refractivity contribution in [3.63, 3.8) is 0 Å². The summed E-state index contributed by atoms with van der Waals surface area (Å²) in [6.07, 6.45) is 0. The number of ether oxygens (including phenoxy) is 2. The van der Waals surface area contributed by atoms with Gasteiger partial charge in [-0.25, -0.2) is 0 Å². The van der Waals surface area contributed by atoms with Crippen molar-refractivity contribution >= 4 is 23.2 Å². The maximum absolute atomic E-state index is 14.2. The Morgan fingerprint density at radius 3 is 2.31 bits per heavy atom. The molecule has 2 aliphatic rings. The van der Waals surface area contributed by atoms with Gasteiger partial charge in [-0.15, -0.1) is 11.3 Å². The molecule has 0 aliphatic carbocycles. The van der Waals surface area contributed by atoms with Gasteiger partial charge in [0, 0.05) is 50.2 Å².